The Morgan fingerprint density at radius 3 is 2.67 bits per heavy atom. The van der Waals surface area contributed by atoms with Crippen LogP contribution in [0.4, 0.5) is 4.39 Å². The van der Waals surface area contributed by atoms with Crippen molar-refractivity contribution in [2.75, 3.05) is 0 Å². The highest BCUT2D eigenvalue weighted by atomic mass is 19.1. The van der Waals surface area contributed by atoms with Crippen LogP contribution in [0.3, 0.4) is 0 Å². The fourth-order valence-electron chi connectivity index (χ4n) is 1.83. The minimum absolute atomic E-state index is 0.0421. The monoisotopic (exact) mass is 332 g/mol. The molecule has 0 bridgehead atoms. The van der Waals surface area contributed by atoms with E-state index >= 15 is 0 Å². The molecule has 0 radical (unpaired) electrons. The van der Waals surface area contributed by atoms with Gasteiger partial charge in [-0.25, -0.2) is 9.18 Å². The summed E-state index contributed by atoms with van der Waals surface area (Å²) in [6, 6.07) is 8.73. The van der Waals surface area contributed by atoms with E-state index in [2.05, 4.69) is 10.1 Å². The first-order valence-electron chi connectivity index (χ1n) is 7.03. The van der Waals surface area contributed by atoms with Crippen LogP contribution < -0.4 is 4.74 Å². The number of nitrogens with zero attached hydrogens (tertiary/aromatic N) is 2. The normalized spacial score (nSPS) is 10.6. The quantitative estimate of drug-likeness (QED) is 0.641. The van der Waals surface area contributed by atoms with Gasteiger partial charge in [0, 0.05) is 0 Å². The maximum absolute atomic E-state index is 12.8. The lowest BCUT2D eigenvalue weighted by molar-refractivity contribution is 0.0392. The molecule has 8 heteroatoms. The van der Waals surface area contributed by atoms with Crippen LogP contribution in [0.15, 0.2) is 45.3 Å². The summed E-state index contributed by atoms with van der Waals surface area (Å²) in [6.45, 7) is 1.59. The average Bonchev–Trinajstić information content (AvgIpc) is 3.21. The Balaban J connectivity index is 1.50. The summed E-state index contributed by atoms with van der Waals surface area (Å²) in [5.74, 6) is 0.626. The second kappa shape index (κ2) is 6.95. The van der Waals surface area contributed by atoms with Crippen LogP contribution in [0.2, 0.25) is 0 Å². The highest BCUT2D eigenvalue weighted by Crippen LogP contribution is 2.13. The second-order valence-corrected chi connectivity index (χ2v) is 4.83. The van der Waals surface area contributed by atoms with Crippen molar-refractivity contribution in [1.29, 1.82) is 0 Å². The van der Waals surface area contributed by atoms with Gasteiger partial charge in [-0.3, -0.25) is 0 Å². The molecule has 2 aromatic heterocycles. The Bertz CT molecular complexity index is 825. The first kappa shape index (κ1) is 15.7. The molecule has 0 fully saturated rings. The third-order valence-corrected chi connectivity index (χ3v) is 2.96. The predicted molar refractivity (Wildman–Crippen MR) is 77.6 cm³/mol. The van der Waals surface area contributed by atoms with Crippen LogP contribution in [0.1, 0.15) is 28.0 Å². The molecule has 24 heavy (non-hydrogen) atoms. The number of rotatable bonds is 6. The zero-order chi connectivity index (χ0) is 16.9. The van der Waals surface area contributed by atoms with Crippen LogP contribution in [0, 0.1) is 12.7 Å². The van der Waals surface area contributed by atoms with E-state index in [4.69, 9.17) is 18.4 Å². The number of hydrogen-bond acceptors (Lipinski definition) is 7. The Hall–Kier alpha value is -3.16. The molecular formula is C16H13FN2O5. The van der Waals surface area contributed by atoms with Crippen LogP contribution in [-0.4, -0.2) is 16.1 Å². The van der Waals surface area contributed by atoms with E-state index in [1.165, 1.54) is 30.3 Å². The molecule has 0 amide bonds. The average molecular weight is 332 g/mol. The predicted octanol–water partition coefficient (Wildman–Crippen LogP) is 3.05. The number of halogens is 1. The molecular weight excluding hydrogens is 319 g/mol. The van der Waals surface area contributed by atoms with E-state index in [9.17, 15) is 9.18 Å². The van der Waals surface area contributed by atoms with Crippen molar-refractivity contribution in [3.63, 3.8) is 0 Å². The number of furan rings is 1. The number of aryl methyl sites for hydroxylation is 1. The number of hydrogen-bond donors (Lipinski definition) is 0. The van der Waals surface area contributed by atoms with E-state index in [0.717, 1.165) is 0 Å². The summed E-state index contributed by atoms with van der Waals surface area (Å²) >= 11 is 0. The molecule has 0 aliphatic rings. The fourth-order valence-corrected chi connectivity index (χ4v) is 1.83. The van der Waals surface area contributed by atoms with Gasteiger partial charge in [0.1, 0.15) is 17.3 Å². The third kappa shape index (κ3) is 3.97. The first-order valence-corrected chi connectivity index (χ1v) is 7.03. The molecule has 2 heterocycles. The maximum atomic E-state index is 12.8. The molecule has 0 saturated heterocycles. The lowest BCUT2D eigenvalue weighted by atomic mass is 10.3. The van der Waals surface area contributed by atoms with Crippen molar-refractivity contribution in [2.24, 2.45) is 0 Å². The summed E-state index contributed by atoms with van der Waals surface area (Å²) in [7, 11) is 0. The summed E-state index contributed by atoms with van der Waals surface area (Å²) < 4.78 is 33.3. The lowest BCUT2D eigenvalue weighted by Crippen LogP contribution is -2.04. The van der Waals surface area contributed by atoms with Crippen LogP contribution >= 0.6 is 0 Å². The van der Waals surface area contributed by atoms with E-state index in [-0.39, 0.29) is 36.5 Å². The van der Waals surface area contributed by atoms with Crippen molar-refractivity contribution in [2.45, 2.75) is 20.1 Å². The molecule has 0 unspecified atom stereocenters. The molecule has 3 aromatic rings. The molecule has 0 N–H and O–H groups in total. The molecule has 7 nitrogen and oxygen atoms in total. The van der Waals surface area contributed by atoms with Gasteiger partial charge in [-0.2, -0.15) is 4.98 Å². The number of ether oxygens (including phenoxy) is 2. The van der Waals surface area contributed by atoms with Crippen molar-refractivity contribution in [3.8, 4) is 5.75 Å². The molecule has 0 atom stereocenters. The number of esters is 1. The van der Waals surface area contributed by atoms with Gasteiger partial charge >= 0.3 is 5.97 Å². The zero-order valence-corrected chi connectivity index (χ0v) is 12.7. The van der Waals surface area contributed by atoms with Crippen LogP contribution in [0.25, 0.3) is 0 Å². The minimum Gasteiger partial charge on any atom is -0.485 e. The van der Waals surface area contributed by atoms with Crippen LogP contribution in [-0.2, 0) is 18.0 Å². The molecule has 3 rings (SSSR count). The van der Waals surface area contributed by atoms with E-state index in [1.807, 2.05) is 0 Å². The van der Waals surface area contributed by atoms with Gasteiger partial charge in [-0.1, -0.05) is 5.16 Å². The number of benzene rings is 1. The number of carbonyl (C=O) groups excluding carboxylic acids is 1. The molecule has 0 spiro atoms. The maximum Gasteiger partial charge on any atom is 0.374 e. The van der Waals surface area contributed by atoms with Crippen molar-refractivity contribution < 1.29 is 27.6 Å². The van der Waals surface area contributed by atoms with Crippen molar-refractivity contribution in [1.82, 2.24) is 10.1 Å². The molecule has 124 valence electrons. The SMILES string of the molecule is Cc1ccc(C(=O)OCc2nc(COc3ccc(F)cc3)no2)o1. The topological polar surface area (TPSA) is 87.6 Å². The van der Waals surface area contributed by atoms with Gasteiger partial charge in [0.2, 0.25) is 11.6 Å². The highest BCUT2D eigenvalue weighted by Gasteiger charge is 2.14. The highest BCUT2D eigenvalue weighted by molar-refractivity contribution is 5.86. The number of aromatic nitrogens is 2. The summed E-state index contributed by atoms with van der Waals surface area (Å²) in [5, 5.41) is 3.70. The summed E-state index contributed by atoms with van der Waals surface area (Å²) in [6.07, 6.45) is 0. The van der Waals surface area contributed by atoms with Gasteiger partial charge < -0.3 is 18.4 Å². The van der Waals surface area contributed by atoms with Crippen molar-refractivity contribution >= 4 is 5.97 Å². The molecule has 0 aliphatic heterocycles. The van der Waals surface area contributed by atoms with Gasteiger partial charge in [0.15, 0.2) is 13.2 Å². The zero-order valence-electron chi connectivity index (χ0n) is 12.7. The van der Waals surface area contributed by atoms with E-state index in [1.54, 1.807) is 13.0 Å². The third-order valence-electron chi connectivity index (χ3n) is 2.96. The summed E-state index contributed by atoms with van der Waals surface area (Å²) in [4.78, 5) is 15.7. The van der Waals surface area contributed by atoms with E-state index < -0.39 is 5.97 Å². The van der Waals surface area contributed by atoms with Gasteiger partial charge in [-0.15, -0.1) is 0 Å². The fraction of sp³-hybridized carbons (Fsp3) is 0.188. The minimum atomic E-state index is -0.620. The van der Waals surface area contributed by atoms with Crippen LogP contribution in [0.5, 0.6) is 5.75 Å². The Morgan fingerprint density at radius 1 is 1.17 bits per heavy atom. The first-order chi connectivity index (χ1) is 11.6. The molecule has 0 saturated carbocycles. The van der Waals surface area contributed by atoms with Gasteiger partial charge in [0.25, 0.3) is 5.89 Å². The Labute approximate surface area is 136 Å². The lowest BCUT2D eigenvalue weighted by Gasteiger charge is -2.02. The van der Waals surface area contributed by atoms with Crippen molar-refractivity contribution in [3.05, 3.63) is 65.5 Å². The molecule has 1 aromatic carbocycles. The second-order valence-electron chi connectivity index (χ2n) is 4.83. The molecule has 0 aliphatic carbocycles. The largest absolute Gasteiger partial charge is 0.485 e. The van der Waals surface area contributed by atoms with E-state index in [0.29, 0.717) is 11.5 Å². The smallest absolute Gasteiger partial charge is 0.374 e. The van der Waals surface area contributed by atoms with Gasteiger partial charge in [0.05, 0.1) is 0 Å². The Morgan fingerprint density at radius 2 is 1.96 bits per heavy atom. The standard InChI is InChI=1S/C16H13FN2O5/c1-10-2-7-13(23-10)16(20)22-9-15-18-14(19-24-15)8-21-12-5-3-11(17)4-6-12/h2-7H,8-9H2,1H3. The number of carbonyl (C=O) groups is 1. The van der Waals surface area contributed by atoms with Gasteiger partial charge in [-0.05, 0) is 43.3 Å². The summed E-state index contributed by atoms with van der Waals surface area (Å²) in [5.41, 5.74) is 0. The Kier molecular flexibility index (Phi) is 4.55.